The lowest BCUT2D eigenvalue weighted by atomic mass is 10.0. The van der Waals surface area contributed by atoms with Gasteiger partial charge in [0.2, 0.25) is 0 Å². The van der Waals surface area contributed by atoms with Crippen molar-refractivity contribution in [1.82, 2.24) is 5.32 Å². The van der Waals surface area contributed by atoms with Crippen LogP contribution in [0.15, 0.2) is 18.2 Å². The van der Waals surface area contributed by atoms with Crippen molar-refractivity contribution in [2.75, 3.05) is 12.8 Å². The van der Waals surface area contributed by atoms with E-state index in [1.54, 1.807) is 0 Å². The van der Waals surface area contributed by atoms with Gasteiger partial charge in [-0.1, -0.05) is 37.6 Å². The summed E-state index contributed by atoms with van der Waals surface area (Å²) in [6.45, 7) is 8.51. The third-order valence-electron chi connectivity index (χ3n) is 3.73. The molecule has 0 fully saturated rings. The standard InChI is InChI=1S/C15H24ClNS/c1-5-15(6-2,18-4)11-17-10-13-8-7-12(3)14(16)9-13/h7-9,17H,5-6,10-11H2,1-4H3. The normalized spacial score (nSPS) is 11.8. The van der Waals surface area contributed by atoms with Crippen LogP contribution < -0.4 is 5.32 Å². The molecule has 0 atom stereocenters. The van der Waals surface area contributed by atoms with Crippen LogP contribution in [0, 0.1) is 6.92 Å². The van der Waals surface area contributed by atoms with Crippen molar-refractivity contribution in [2.45, 2.75) is 44.9 Å². The molecule has 1 N–H and O–H groups in total. The monoisotopic (exact) mass is 285 g/mol. The molecular formula is C15H24ClNS. The van der Waals surface area contributed by atoms with Crippen molar-refractivity contribution in [1.29, 1.82) is 0 Å². The Labute approximate surface area is 121 Å². The van der Waals surface area contributed by atoms with Crippen LogP contribution in [0.2, 0.25) is 5.02 Å². The minimum absolute atomic E-state index is 0.370. The van der Waals surface area contributed by atoms with E-state index in [1.165, 1.54) is 18.4 Å². The summed E-state index contributed by atoms with van der Waals surface area (Å²) in [5, 5.41) is 4.42. The van der Waals surface area contributed by atoms with Crippen molar-refractivity contribution in [2.24, 2.45) is 0 Å². The molecule has 1 aromatic carbocycles. The first kappa shape index (κ1) is 15.9. The highest BCUT2D eigenvalue weighted by Crippen LogP contribution is 2.29. The Morgan fingerprint density at radius 3 is 2.44 bits per heavy atom. The van der Waals surface area contributed by atoms with Gasteiger partial charge in [-0.3, -0.25) is 0 Å². The summed E-state index contributed by atoms with van der Waals surface area (Å²) >= 11 is 8.10. The number of hydrogen-bond donors (Lipinski definition) is 1. The van der Waals surface area contributed by atoms with Crippen molar-refractivity contribution in [3.05, 3.63) is 34.3 Å². The molecule has 0 saturated heterocycles. The number of halogens is 1. The molecule has 0 saturated carbocycles. The second kappa shape index (κ2) is 7.42. The SMILES string of the molecule is CCC(CC)(CNCc1ccc(C)c(Cl)c1)SC. The molecule has 102 valence electrons. The quantitative estimate of drug-likeness (QED) is 0.782. The zero-order valence-electron chi connectivity index (χ0n) is 11.8. The van der Waals surface area contributed by atoms with Crippen LogP contribution in [0.4, 0.5) is 0 Å². The highest BCUT2D eigenvalue weighted by molar-refractivity contribution is 8.00. The molecule has 0 aliphatic carbocycles. The van der Waals surface area contributed by atoms with Gasteiger partial charge in [-0.15, -0.1) is 0 Å². The second-order valence-electron chi connectivity index (χ2n) is 4.78. The number of aryl methyl sites for hydroxylation is 1. The maximum Gasteiger partial charge on any atom is 0.0438 e. The number of hydrogen-bond acceptors (Lipinski definition) is 2. The van der Waals surface area contributed by atoms with Crippen molar-refractivity contribution >= 4 is 23.4 Å². The lowest BCUT2D eigenvalue weighted by molar-refractivity contribution is 0.495. The van der Waals surface area contributed by atoms with E-state index in [2.05, 4.69) is 43.6 Å². The van der Waals surface area contributed by atoms with Crippen LogP contribution in [0.3, 0.4) is 0 Å². The molecule has 1 rings (SSSR count). The molecule has 0 heterocycles. The molecule has 0 unspecified atom stereocenters. The van der Waals surface area contributed by atoms with Gasteiger partial charge in [-0.25, -0.2) is 0 Å². The molecule has 0 aliphatic heterocycles. The predicted octanol–water partition coefficient (Wildman–Crippen LogP) is 4.66. The lowest BCUT2D eigenvalue weighted by Crippen LogP contribution is -2.36. The highest BCUT2D eigenvalue weighted by atomic mass is 35.5. The van der Waals surface area contributed by atoms with Gasteiger partial charge in [0.15, 0.2) is 0 Å². The molecule has 0 radical (unpaired) electrons. The Morgan fingerprint density at radius 2 is 1.94 bits per heavy atom. The van der Waals surface area contributed by atoms with Crippen molar-refractivity contribution < 1.29 is 0 Å². The fraction of sp³-hybridized carbons (Fsp3) is 0.600. The summed E-state index contributed by atoms with van der Waals surface area (Å²) in [5.41, 5.74) is 2.40. The summed E-state index contributed by atoms with van der Waals surface area (Å²) in [6, 6.07) is 6.29. The van der Waals surface area contributed by atoms with Gasteiger partial charge >= 0.3 is 0 Å². The van der Waals surface area contributed by atoms with Crippen LogP contribution in [-0.4, -0.2) is 17.5 Å². The molecule has 0 aromatic heterocycles. The van der Waals surface area contributed by atoms with Crippen LogP contribution in [0.5, 0.6) is 0 Å². The third kappa shape index (κ3) is 4.18. The first-order valence-corrected chi connectivity index (χ1v) is 8.18. The summed E-state index contributed by atoms with van der Waals surface area (Å²) in [7, 11) is 0. The Kier molecular flexibility index (Phi) is 6.54. The Balaban J connectivity index is 2.52. The zero-order valence-corrected chi connectivity index (χ0v) is 13.4. The van der Waals surface area contributed by atoms with Gasteiger partial charge in [0.1, 0.15) is 0 Å². The van der Waals surface area contributed by atoms with Crippen LogP contribution in [-0.2, 0) is 6.54 Å². The summed E-state index contributed by atoms with van der Waals surface area (Å²) in [5.74, 6) is 0. The van der Waals surface area contributed by atoms with Gasteiger partial charge in [0, 0.05) is 22.9 Å². The van der Waals surface area contributed by atoms with E-state index in [0.29, 0.717) is 4.75 Å². The first-order chi connectivity index (χ1) is 8.56. The molecule has 1 aromatic rings. The Hall–Kier alpha value is -0.180. The average molecular weight is 286 g/mol. The second-order valence-corrected chi connectivity index (χ2v) is 6.46. The molecule has 0 spiro atoms. The third-order valence-corrected chi connectivity index (χ3v) is 5.73. The minimum atomic E-state index is 0.370. The van der Waals surface area contributed by atoms with Crippen molar-refractivity contribution in [3.8, 4) is 0 Å². The molecule has 0 amide bonds. The molecule has 0 bridgehead atoms. The molecular weight excluding hydrogens is 262 g/mol. The topological polar surface area (TPSA) is 12.0 Å². The maximum atomic E-state index is 6.13. The van der Waals surface area contributed by atoms with E-state index in [4.69, 9.17) is 11.6 Å². The van der Waals surface area contributed by atoms with Gasteiger partial charge in [-0.2, -0.15) is 11.8 Å². The fourth-order valence-electron chi connectivity index (χ4n) is 2.04. The van der Waals surface area contributed by atoms with E-state index in [-0.39, 0.29) is 0 Å². The summed E-state index contributed by atoms with van der Waals surface area (Å²) in [6.07, 6.45) is 4.61. The van der Waals surface area contributed by atoms with Crippen LogP contribution in [0.1, 0.15) is 37.8 Å². The van der Waals surface area contributed by atoms with Crippen LogP contribution >= 0.6 is 23.4 Å². The fourth-order valence-corrected chi connectivity index (χ4v) is 3.07. The summed E-state index contributed by atoms with van der Waals surface area (Å²) in [4.78, 5) is 0. The smallest absolute Gasteiger partial charge is 0.0438 e. The number of rotatable bonds is 7. The van der Waals surface area contributed by atoms with Crippen molar-refractivity contribution in [3.63, 3.8) is 0 Å². The van der Waals surface area contributed by atoms with E-state index >= 15 is 0 Å². The van der Waals surface area contributed by atoms with E-state index in [1.807, 2.05) is 18.7 Å². The highest BCUT2D eigenvalue weighted by Gasteiger charge is 2.23. The van der Waals surface area contributed by atoms with Gasteiger partial charge in [-0.05, 0) is 43.2 Å². The molecule has 1 nitrogen and oxygen atoms in total. The summed E-state index contributed by atoms with van der Waals surface area (Å²) < 4.78 is 0.370. The molecule has 0 aliphatic rings. The Bertz CT molecular complexity index is 366. The zero-order chi connectivity index (χ0) is 13.6. The van der Waals surface area contributed by atoms with E-state index < -0.39 is 0 Å². The number of nitrogens with one attached hydrogen (secondary N) is 1. The molecule has 18 heavy (non-hydrogen) atoms. The van der Waals surface area contributed by atoms with Crippen LogP contribution in [0.25, 0.3) is 0 Å². The predicted molar refractivity (Wildman–Crippen MR) is 84.7 cm³/mol. The van der Waals surface area contributed by atoms with E-state index in [9.17, 15) is 0 Å². The number of benzene rings is 1. The first-order valence-electron chi connectivity index (χ1n) is 6.57. The minimum Gasteiger partial charge on any atom is -0.311 e. The van der Waals surface area contributed by atoms with Gasteiger partial charge < -0.3 is 5.32 Å². The largest absolute Gasteiger partial charge is 0.311 e. The maximum absolute atomic E-state index is 6.13. The lowest BCUT2D eigenvalue weighted by Gasteiger charge is -2.30. The average Bonchev–Trinajstić information content (AvgIpc) is 2.39. The molecule has 3 heteroatoms. The number of thioether (sulfide) groups is 1. The Morgan fingerprint density at radius 1 is 1.28 bits per heavy atom. The van der Waals surface area contributed by atoms with E-state index in [0.717, 1.165) is 23.7 Å². The van der Waals surface area contributed by atoms with Gasteiger partial charge in [0.05, 0.1) is 0 Å². The van der Waals surface area contributed by atoms with Gasteiger partial charge in [0.25, 0.3) is 0 Å².